The molecule has 0 unspecified atom stereocenters. The maximum Gasteiger partial charge on any atom is 0.163 e. The van der Waals surface area contributed by atoms with Crippen LogP contribution in [-0.2, 0) is 0 Å². The van der Waals surface area contributed by atoms with Crippen LogP contribution in [0.1, 0.15) is 22.5 Å². The van der Waals surface area contributed by atoms with Gasteiger partial charge in [-0.25, -0.2) is 4.98 Å². The van der Waals surface area contributed by atoms with Gasteiger partial charge in [-0.15, -0.1) is 0 Å². The van der Waals surface area contributed by atoms with Gasteiger partial charge in [0.2, 0.25) is 0 Å². The zero-order valence-electron chi connectivity index (χ0n) is 10.2. The minimum absolute atomic E-state index is 0.583. The second-order valence-electron chi connectivity index (χ2n) is 4.03. The summed E-state index contributed by atoms with van der Waals surface area (Å²) < 4.78 is 1.92. The summed E-state index contributed by atoms with van der Waals surface area (Å²) in [7, 11) is 0. The summed E-state index contributed by atoms with van der Waals surface area (Å²) >= 11 is 0. The van der Waals surface area contributed by atoms with E-state index in [1.54, 1.807) is 6.20 Å². The third-order valence-electron chi connectivity index (χ3n) is 2.76. The van der Waals surface area contributed by atoms with Crippen LogP contribution in [0.15, 0.2) is 24.4 Å². The zero-order chi connectivity index (χ0) is 12.4. The molecule has 0 aliphatic rings. The maximum absolute atomic E-state index is 9.13. The van der Waals surface area contributed by atoms with Gasteiger partial charge in [-0.1, -0.05) is 0 Å². The van der Waals surface area contributed by atoms with E-state index in [-0.39, 0.29) is 0 Å². The van der Waals surface area contributed by atoms with E-state index in [2.05, 4.69) is 16.5 Å². The van der Waals surface area contributed by atoms with Crippen LogP contribution in [-0.4, -0.2) is 9.66 Å². The Morgan fingerprint density at radius 3 is 2.41 bits per heavy atom. The molecule has 2 aromatic heterocycles. The lowest BCUT2D eigenvalue weighted by Gasteiger charge is -2.13. The van der Waals surface area contributed by atoms with Crippen molar-refractivity contribution in [2.45, 2.75) is 20.8 Å². The van der Waals surface area contributed by atoms with E-state index >= 15 is 0 Å². The van der Waals surface area contributed by atoms with Gasteiger partial charge in [0.1, 0.15) is 6.07 Å². The van der Waals surface area contributed by atoms with Gasteiger partial charge in [-0.2, -0.15) is 5.26 Å². The Kier molecular flexibility index (Phi) is 2.84. The van der Waals surface area contributed by atoms with E-state index in [4.69, 9.17) is 5.26 Å². The quantitative estimate of drug-likeness (QED) is 0.856. The molecule has 0 saturated heterocycles. The summed E-state index contributed by atoms with van der Waals surface area (Å²) in [6, 6.07) is 8.05. The Hall–Kier alpha value is -2.28. The summed E-state index contributed by atoms with van der Waals surface area (Å²) in [6.07, 6.45) is 1.70. The molecule has 86 valence electrons. The third kappa shape index (κ3) is 2.00. The number of anilines is 1. The van der Waals surface area contributed by atoms with Crippen LogP contribution in [0, 0.1) is 32.1 Å². The number of pyridine rings is 1. The zero-order valence-corrected chi connectivity index (χ0v) is 10.2. The molecule has 0 atom stereocenters. The molecule has 2 aromatic rings. The van der Waals surface area contributed by atoms with Gasteiger partial charge in [0.25, 0.3) is 0 Å². The van der Waals surface area contributed by atoms with Crippen LogP contribution in [0.5, 0.6) is 0 Å². The van der Waals surface area contributed by atoms with Gasteiger partial charge < -0.3 is 0 Å². The van der Waals surface area contributed by atoms with E-state index < -0.39 is 0 Å². The highest BCUT2D eigenvalue weighted by Crippen LogP contribution is 2.17. The minimum atomic E-state index is 0.583. The molecule has 4 nitrogen and oxygen atoms in total. The molecule has 0 amide bonds. The molecule has 2 rings (SSSR count). The number of hydrogen-bond acceptors (Lipinski definition) is 3. The van der Waals surface area contributed by atoms with E-state index in [0.29, 0.717) is 11.4 Å². The fourth-order valence-corrected chi connectivity index (χ4v) is 1.73. The Morgan fingerprint density at radius 1 is 1.18 bits per heavy atom. The molecule has 0 saturated carbocycles. The molecule has 1 N–H and O–H groups in total. The van der Waals surface area contributed by atoms with Gasteiger partial charge in [-0.05, 0) is 44.5 Å². The number of aromatic nitrogens is 2. The van der Waals surface area contributed by atoms with Gasteiger partial charge in [-0.3, -0.25) is 10.1 Å². The van der Waals surface area contributed by atoms with Crippen LogP contribution >= 0.6 is 0 Å². The van der Waals surface area contributed by atoms with Crippen molar-refractivity contribution >= 4 is 5.82 Å². The van der Waals surface area contributed by atoms with Gasteiger partial charge in [0.05, 0.1) is 5.56 Å². The van der Waals surface area contributed by atoms with Crippen molar-refractivity contribution in [3.8, 4) is 6.07 Å². The summed E-state index contributed by atoms with van der Waals surface area (Å²) in [4.78, 5) is 4.21. The normalized spacial score (nSPS) is 10.0. The Morgan fingerprint density at radius 2 is 1.82 bits per heavy atom. The molecular weight excluding hydrogens is 212 g/mol. The minimum Gasteiger partial charge on any atom is -0.276 e. The van der Waals surface area contributed by atoms with Crippen LogP contribution in [0.3, 0.4) is 0 Å². The number of nitrogens with one attached hydrogen (secondary N) is 1. The fraction of sp³-hybridized carbons (Fsp3) is 0.231. The monoisotopic (exact) mass is 226 g/mol. The van der Waals surface area contributed by atoms with Gasteiger partial charge in [0, 0.05) is 17.6 Å². The second kappa shape index (κ2) is 4.30. The van der Waals surface area contributed by atoms with Crippen molar-refractivity contribution in [1.29, 1.82) is 5.26 Å². The Bertz CT molecular complexity index is 570. The molecule has 17 heavy (non-hydrogen) atoms. The molecule has 0 aromatic carbocycles. The summed E-state index contributed by atoms with van der Waals surface area (Å²) in [5, 5.41) is 9.13. The maximum atomic E-state index is 9.13. The van der Waals surface area contributed by atoms with Crippen molar-refractivity contribution in [1.82, 2.24) is 9.66 Å². The highest BCUT2D eigenvalue weighted by atomic mass is 15.4. The highest BCUT2D eigenvalue weighted by molar-refractivity contribution is 5.55. The Labute approximate surface area is 100 Å². The number of nitrogens with zero attached hydrogens (tertiary/aromatic N) is 3. The number of hydrogen-bond donors (Lipinski definition) is 1. The molecule has 0 fully saturated rings. The first-order valence-electron chi connectivity index (χ1n) is 5.41. The topological polar surface area (TPSA) is 53.6 Å². The number of rotatable bonds is 2. The second-order valence-corrected chi connectivity index (χ2v) is 4.03. The van der Waals surface area contributed by atoms with Crippen molar-refractivity contribution in [3.63, 3.8) is 0 Å². The van der Waals surface area contributed by atoms with E-state index in [0.717, 1.165) is 17.0 Å². The van der Waals surface area contributed by atoms with Crippen LogP contribution < -0.4 is 5.43 Å². The Balaban J connectivity index is 2.44. The van der Waals surface area contributed by atoms with E-state index in [1.807, 2.05) is 43.6 Å². The van der Waals surface area contributed by atoms with Gasteiger partial charge in [0.15, 0.2) is 5.82 Å². The highest BCUT2D eigenvalue weighted by Gasteiger charge is 2.08. The standard InChI is InChI=1S/C13H14N4/c1-9-6-7-15-13(12(9)8-14)16-17-10(2)4-5-11(17)3/h4-7H,1-3H3,(H,15,16). The lowest BCUT2D eigenvalue weighted by atomic mass is 10.1. The fourth-order valence-electron chi connectivity index (χ4n) is 1.73. The molecule has 0 radical (unpaired) electrons. The van der Waals surface area contributed by atoms with Crippen molar-refractivity contribution in [2.75, 3.05) is 5.43 Å². The lowest BCUT2D eigenvalue weighted by molar-refractivity contribution is 0.869. The van der Waals surface area contributed by atoms with Crippen molar-refractivity contribution in [2.24, 2.45) is 0 Å². The van der Waals surface area contributed by atoms with Gasteiger partial charge >= 0.3 is 0 Å². The summed E-state index contributed by atoms with van der Waals surface area (Å²) in [6.45, 7) is 5.91. The first-order valence-corrected chi connectivity index (χ1v) is 5.41. The molecule has 0 bridgehead atoms. The first-order chi connectivity index (χ1) is 8.13. The first kappa shape index (κ1) is 11.2. The van der Waals surface area contributed by atoms with E-state index in [9.17, 15) is 0 Å². The lowest BCUT2D eigenvalue weighted by Crippen LogP contribution is -2.14. The van der Waals surface area contributed by atoms with Crippen molar-refractivity contribution in [3.05, 3.63) is 46.9 Å². The SMILES string of the molecule is Cc1ccnc(Nn2c(C)ccc2C)c1C#N. The number of nitriles is 1. The van der Waals surface area contributed by atoms with Crippen LogP contribution in [0.4, 0.5) is 5.82 Å². The van der Waals surface area contributed by atoms with Crippen LogP contribution in [0.25, 0.3) is 0 Å². The largest absolute Gasteiger partial charge is 0.276 e. The molecule has 0 aliphatic heterocycles. The predicted molar refractivity (Wildman–Crippen MR) is 66.6 cm³/mol. The third-order valence-corrected chi connectivity index (χ3v) is 2.76. The van der Waals surface area contributed by atoms with E-state index in [1.165, 1.54) is 0 Å². The van der Waals surface area contributed by atoms with Crippen molar-refractivity contribution < 1.29 is 0 Å². The average molecular weight is 226 g/mol. The van der Waals surface area contributed by atoms with Crippen LogP contribution in [0.2, 0.25) is 0 Å². The summed E-state index contributed by atoms with van der Waals surface area (Å²) in [5.74, 6) is 0.593. The molecule has 2 heterocycles. The predicted octanol–water partition coefficient (Wildman–Crippen LogP) is 2.56. The molecule has 0 aliphatic carbocycles. The molecular formula is C13H14N4. The number of aryl methyl sites for hydroxylation is 3. The smallest absolute Gasteiger partial charge is 0.163 e. The molecule has 0 spiro atoms. The summed E-state index contributed by atoms with van der Waals surface area (Å²) in [5.41, 5.74) is 6.83. The molecule has 4 heteroatoms. The average Bonchev–Trinajstić information content (AvgIpc) is 2.61.